The van der Waals surface area contributed by atoms with Gasteiger partial charge in [0.05, 0.1) is 21.8 Å². The largest absolute Gasteiger partial charge is 0.490 e. The zero-order valence-electron chi connectivity index (χ0n) is 12.5. The van der Waals surface area contributed by atoms with Gasteiger partial charge in [0.25, 0.3) is 5.91 Å². The Hall–Kier alpha value is -2.74. The zero-order chi connectivity index (χ0) is 17.0. The highest BCUT2D eigenvalue weighted by atomic mass is 32.2. The van der Waals surface area contributed by atoms with Crippen molar-refractivity contribution in [3.8, 4) is 5.75 Å². The van der Waals surface area contributed by atoms with Crippen LogP contribution < -0.4 is 4.74 Å². The van der Waals surface area contributed by atoms with Gasteiger partial charge in [-0.15, -0.1) is 0 Å². The number of carbonyl (C=O) groups is 1. The molecule has 2 aromatic rings. The van der Waals surface area contributed by atoms with E-state index in [1.807, 2.05) is 0 Å². The Bertz CT molecular complexity index is 871. The van der Waals surface area contributed by atoms with Crippen LogP contribution in [-0.2, 0) is 9.73 Å². The van der Waals surface area contributed by atoms with Crippen LogP contribution in [0.5, 0.6) is 5.75 Å². The van der Waals surface area contributed by atoms with Crippen molar-refractivity contribution in [1.29, 1.82) is 0 Å². The fraction of sp³-hybridized carbons (Fsp3) is 0.133. The number of nitro groups is 1. The summed E-state index contributed by atoms with van der Waals surface area (Å²) >= 11 is 0. The average molecular weight is 334 g/mol. The maximum atomic E-state index is 12.6. The Labute approximate surface area is 133 Å². The number of rotatable bonds is 4. The number of benzene rings is 2. The van der Waals surface area contributed by atoms with Gasteiger partial charge in [-0.1, -0.05) is 18.2 Å². The quantitative estimate of drug-likeness (QED) is 0.632. The second-order valence-corrected chi connectivity index (χ2v) is 6.91. The standard InChI is InChI=1S/C15H14N2O5S/c1-22-14-9-8-11(10-13(14)17(19)20)15(18)16-23(2,21)12-6-4-3-5-7-12/h3-10H,1-2H3. The fourth-order valence-electron chi connectivity index (χ4n) is 1.90. The van der Waals surface area contributed by atoms with Crippen molar-refractivity contribution in [2.24, 2.45) is 4.36 Å². The second-order valence-electron chi connectivity index (χ2n) is 4.66. The van der Waals surface area contributed by atoms with Crippen LogP contribution in [0.25, 0.3) is 0 Å². The molecule has 0 bridgehead atoms. The molecule has 0 saturated heterocycles. The molecule has 0 saturated carbocycles. The first-order valence-corrected chi connectivity index (χ1v) is 8.41. The van der Waals surface area contributed by atoms with Crippen LogP contribution in [0.3, 0.4) is 0 Å². The number of hydrogen-bond acceptors (Lipinski definition) is 5. The minimum atomic E-state index is -2.93. The average Bonchev–Trinajstić information content (AvgIpc) is 2.54. The Balaban J connectivity index is 2.45. The van der Waals surface area contributed by atoms with Crippen LogP contribution in [0, 0.1) is 10.1 Å². The number of amides is 1. The Kier molecular flexibility index (Phi) is 4.75. The third kappa shape index (κ3) is 3.72. The van der Waals surface area contributed by atoms with Gasteiger partial charge in [0.2, 0.25) is 0 Å². The van der Waals surface area contributed by atoms with Crippen LogP contribution in [0.4, 0.5) is 5.69 Å². The molecule has 0 radical (unpaired) electrons. The molecule has 0 spiro atoms. The van der Waals surface area contributed by atoms with Crippen molar-refractivity contribution < 1.29 is 18.7 Å². The molecule has 0 aliphatic rings. The topological polar surface area (TPSA) is 98.9 Å². The van der Waals surface area contributed by atoms with Gasteiger partial charge in [-0.3, -0.25) is 14.9 Å². The highest BCUT2D eigenvalue weighted by molar-refractivity contribution is 7.93. The van der Waals surface area contributed by atoms with Crippen LogP contribution in [0.1, 0.15) is 10.4 Å². The molecule has 8 heteroatoms. The van der Waals surface area contributed by atoms with E-state index < -0.39 is 20.6 Å². The molecule has 1 unspecified atom stereocenters. The summed E-state index contributed by atoms with van der Waals surface area (Å²) < 4.78 is 21.2. The van der Waals surface area contributed by atoms with Crippen LogP contribution in [0.2, 0.25) is 0 Å². The van der Waals surface area contributed by atoms with Crippen molar-refractivity contribution in [2.45, 2.75) is 4.90 Å². The third-order valence-electron chi connectivity index (χ3n) is 3.06. The SMILES string of the molecule is COc1ccc(C(=O)N=S(C)(=O)c2ccccc2)cc1[N+](=O)[O-]. The Morgan fingerprint density at radius 3 is 2.43 bits per heavy atom. The molecule has 0 aliphatic heterocycles. The van der Waals surface area contributed by atoms with E-state index in [0.29, 0.717) is 4.90 Å². The summed E-state index contributed by atoms with van der Waals surface area (Å²) in [4.78, 5) is 22.9. The van der Waals surface area contributed by atoms with E-state index in [1.54, 1.807) is 30.3 Å². The molecule has 7 nitrogen and oxygen atoms in total. The maximum absolute atomic E-state index is 12.6. The van der Waals surface area contributed by atoms with Crippen molar-refractivity contribution in [2.75, 3.05) is 13.4 Å². The summed E-state index contributed by atoms with van der Waals surface area (Å²) in [5.74, 6) is -0.751. The highest BCUT2D eigenvalue weighted by Gasteiger charge is 2.19. The molecular weight excluding hydrogens is 320 g/mol. The molecule has 0 N–H and O–H groups in total. The number of nitro benzene ring substituents is 1. The van der Waals surface area contributed by atoms with E-state index in [4.69, 9.17) is 4.74 Å². The first kappa shape index (κ1) is 16.6. The molecule has 1 amide bonds. The summed E-state index contributed by atoms with van der Waals surface area (Å²) in [5.41, 5.74) is -0.376. The fourth-order valence-corrected chi connectivity index (χ4v) is 3.09. The van der Waals surface area contributed by atoms with E-state index in [-0.39, 0.29) is 17.0 Å². The Morgan fingerprint density at radius 1 is 1.22 bits per heavy atom. The molecule has 0 aliphatic carbocycles. The highest BCUT2D eigenvalue weighted by Crippen LogP contribution is 2.28. The first-order valence-electron chi connectivity index (χ1n) is 6.49. The number of methoxy groups -OCH3 is 1. The molecule has 2 aromatic carbocycles. The monoisotopic (exact) mass is 334 g/mol. The lowest BCUT2D eigenvalue weighted by atomic mass is 10.2. The third-order valence-corrected chi connectivity index (χ3v) is 4.72. The van der Waals surface area contributed by atoms with Gasteiger partial charge in [-0.2, -0.15) is 4.36 Å². The van der Waals surface area contributed by atoms with Crippen molar-refractivity contribution >= 4 is 21.3 Å². The molecule has 0 fully saturated rings. The number of hydrogen-bond donors (Lipinski definition) is 0. The summed E-state index contributed by atoms with van der Waals surface area (Å²) in [6.07, 6.45) is 1.35. The van der Waals surface area contributed by atoms with E-state index >= 15 is 0 Å². The summed E-state index contributed by atoms with van der Waals surface area (Å²) in [5, 5.41) is 11.0. The van der Waals surface area contributed by atoms with Crippen molar-refractivity contribution in [1.82, 2.24) is 0 Å². The van der Waals surface area contributed by atoms with Gasteiger partial charge in [0.15, 0.2) is 5.75 Å². The molecule has 120 valence electrons. The van der Waals surface area contributed by atoms with Gasteiger partial charge in [0.1, 0.15) is 0 Å². The van der Waals surface area contributed by atoms with Gasteiger partial charge >= 0.3 is 5.69 Å². The lowest BCUT2D eigenvalue weighted by molar-refractivity contribution is -0.385. The molecule has 0 aromatic heterocycles. The lowest BCUT2D eigenvalue weighted by Crippen LogP contribution is -2.04. The van der Waals surface area contributed by atoms with E-state index in [0.717, 1.165) is 6.07 Å². The molecule has 2 rings (SSSR count). The van der Waals surface area contributed by atoms with Crippen LogP contribution in [-0.4, -0.2) is 28.4 Å². The lowest BCUT2D eigenvalue weighted by Gasteiger charge is -2.05. The predicted molar refractivity (Wildman–Crippen MR) is 85.2 cm³/mol. The van der Waals surface area contributed by atoms with Gasteiger partial charge < -0.3 is 4.74 Å². The number of carbonyl (C=O) groups excluding carboxylic acids is 1. The number of ether oxygens (including phenoxy) is 1. The predicted octanol–water partition coefficient (Wildman–Crippen LogP) is 2.90. The van der Waals surface area contributed by atoms with Crippen LogP contribution in [0.15, 0.2) is 57.8 Å². The minimum Gasteiger partial charge on any atom is -0.490 e. The second kappa shape index (κ2) is 6.57. The Morgan fingerprint density at radius 2 is 1.87 bits per heavy atom. The van der Waals surface area contributed by atoms with Crippen molar-refractivity contribution in [3.63, 3.8) is 0 Å². The maximum Gasteiger partial charge on any atom is 0.311 e. The van der Waals surface area contributed by atoms with E-state index in [9.17, 15) is 19.1 Å². The normalized spacial score (nSPS) is 13.0. The minimum absolute atomic E-state index is 0.0250. The molecule has 1 atom stereocenters. The first-order chi connectivity index (χ1) is 10.8. The zero-order valence-corrected chi connectivity index (χ0v) is 13.3. The van der Waals surface area contributed by atoms with E-state index in [1.165, 1.54) is 25.5 Å². The van der Waals surface area contributed by atoms with Crippen molar-refractivity contribution in [3.05, 3.63) is 64.2 Å². The van der Waals surface area contributed by atoms with E-state index in [2.05, 4.69) is 4.36 Å². The smallest absolute Gasteiger partial charge is 0.311 e. The summed E-state index contributed by atoms with van der Waals surface area (Å²) in [7, 11) is -1.64. The summed E-state index contributed by atoms with van der Waals surface area (Å²) in [6, 6.07) is 12.1. The van der Waals surface area contributed by atoms with Crippen LogP contribution >= 0.6 is 0 Å². The van der Waals surface area contributed by atoms with Gasteiger partial charge in [-0.25, -0.2) is 4.21 Å². The molecule has 0 heterocycles. The van der Waals surface area contributed by atoms with Gasteiger partial charge in [-0.05, 0) is 24.3 Å². The molecule has 23 heavy (non-hydrogen) atoms. The summed E-state index contributed by atoms with van der Waals surface area (Å²) in [6.45, 7) is 0. The number of nitrogens with zero attached hydrogens (tertiary/aromatic N) is 2. The molecular formula is C15H14N2O5S. The van der Waals surface area contributed by atoms with Gasteiger partial charge in [0, 0.05) is 22.8 Å².